The lowest BCUT2D eigenvalue weighted by atomic mass is 10.0. The summed E-state index contributed by atoms with van der Waals surface area (Å²) in [6.45, 7) is 5.29. The topological polar surface area (TPSA) is 76.9 Å². The Kier molecular flexibility index (Phi) is 6.61. The maximum absolute atomic E-state index is 11.3. The van der Waals surface area contributed by atoms with Crippen molar-refractivity contribution >= 4 is 5.69 Å². The zero-order chi connectivity index (χ0) is 16.7. The standard InChI is InChI=1S/C16H25N3O4/c1-22-15-11-13(14(19(20)21)12-16(15)23-2)5-3-4-8-18-9-6-17-7-10-18/h11-12,17H,3-10H2,1-2H3. The minimum absolute atomic E-state index is 0.102. The molecule has 1 heterocycles. The van der Waals surface area contributed by atoms with E-state index < -0.39 is 0 Å². The van der Waals surface area contributed by atoms with Crippen LogP contribution in [0, 0.1) is 10.1 Å². The third kappa shape index (κ3) is 4.80. The van der Waals surface area contributed by atoms with Gasteiger partial charge in [-0.05, 0) is 31.9 Å². The summed E-state index contributed by atoms with van der Waals surface area (Å²) in [4.78, 5) is 13.3. The molecule has 7 heteroatoms. The van der Waals surface area contributed by atoms with Gasteiger partial charge in [0.15, 0.2) is 11.5 Å². The number of rotatable bonds is 8. The molecular formula is C16H25N3O4. The number of nitrogens with zero attached hydrogens (tertiary/aromatic N) is 2. The van der Waals surface area contributed by atoms with E-state index in [2.05, 4.69) is 10.2 Å². The summed E-state index contributed by atoms with van der Waals surface area (Å²) in [5.74, 6) is 0.930. The Labute approximate surface area is 136 Å². The van der Waals surface area contributed by atoms with Crippen LogP contribution in [0.4, 0.5) is 5.69 Å². The van der Waals surface area contributed by atoms with Crippen LogP contribution in [0.2, 0.25) is 0 Å². The molecule has 1 fully saturated rings. The van der Waals surface area contributed by atoms with Crippen molar-refractivity contribution in [2.45, 2.75) is 19.3 Å². The number of ether oxygens (including phenoxy) is 2. The van der Waals surface area contributed by atoms with Crippen LogP contribution in [0.25, 0.3) is 0 Å². The number of benzene rings is 1. The minimum Gasteiger partial charge on any atom is -0.493 e. The molecule has 1 aromatic rings. The van der Waals surface area contributed by atoms with Crippen molar-refractivity contribution in [3.63, 3.8) is 0 Å². The maximum Gasteiger partial charge on any atom is 0.276 e. The molecule has 2 rings (SSSR count). The number of piperazine rings is 1. The van der Waals surface area contributed by atoms with Gasteiger partial charge in [0.2, 0.25) is 0 Å². The summed E-state index contributed by atoms with van der Waals surface area (Å²) in [7, 11) is 3.02. The lowest BCUT2D eigenvalue weighted by Crippen LogP contribution is -2.43. The van der Waals surface area contributed by atoms with E-state index in [1.54, 1.807) is 6.07 Å². The van der Waals surface area contributed by atoms with Gasteiger partial charge in [0, 0.05) is 31.7 Å². The average molecular weight is 323 g/mol. The molecule has 1 aromatic carbocycles. The number of hydrogen-bond acceptors (Lipinski definition) is 6. The molecule has 0 aliphatic carbocycles. The van der Waals surface area contributed by atoms with E-state index in [1.165, 1.54) is 20.3 Å². The quantitative estimate of drug-likeness (QED) is 0.447. The van der Waals surface area contributed by atoms with E-state index in [0.717, 1.165) is 45.6 Å². The van der Waals surface area contributed by atoms with E-state index in [1.807, 2.05) is 0 Å². The number of unbranched alkanes of at least 4 members (excludes halogenated alkanes) is 1. The predicted octanol–water partition coefficient (Wildman–Crippen LogP) is 1.84. The van der Waals surface area contributed by atoms with Gasteiger partial charge in [-0.1, -0.05) is 0 Å². The van der Waals surface area contributed by atoms with Crippen LogP contribution in [0.1, 0.15) is 18.4 Å². The van der Waals surface area contributed by atoms with Gasteiger partial charge in [-0.25, -0.2) is 0 Å². The molecule has 0 amide bonds. The summed E-state index contributed by atoms with van der Waals surface area (Å²) in [6.07, 6.45) is 2.62. The van der Waals surface area contributed by atoms with Crippen LogP contribution >= 0.6 is 0 Å². The predicted molar refractivity (Wildman–Crippen MR) is 88.4 cm³/mol. The second-order valence-electron chi connectivity index (χ2n) is 5.64. The Hall–Kier alpha value is -1.86. The van der Waals surface area contributed by atoms with Crippen LogP contribution in [-0.4, -0.2) is 56.8 Å². The number of methoxy groups -OCH3 is 2. The normalized spacial score (nSPS) is 15.4. The first-order valence-electron chi connectivity index (χ1n) is 7.98. The highest BCUT2D eigenvalue weighted by Crippen LogP contribution is 2.35. The molecule has 0 atom stereocenters. The number of aryl methyl sites for hydroxylation is 1. The van der Waals surface area contributed by atoms with Crippen molar-refractivity contribution in [2.24, 2.45) is 0 Å². The molecule has 1 saturated heterocycles. The summed E-state index contributed by atoms with van der Waals surface area (Å²) in [5.41, 5.74) is 0.804. The molecule has 1 aliphatic rings. The fourth-order valence-corrected chi connectivity index (χ4v) is 2.87. The minimum atomic E-state index is -0.354. The second-order valence-corrected chi connectivity index (χ2v) is 5.64. The smallest absolute Gasteiger partial charge is 0.276 e. The van der Waals surface area contributed by atoms with Crippen molar-refractivity contribution in [2.75, 3.05) is 46.9 Å². The SMILES string of the molecule is COc1cc(CCCCN2CCNCC2)c([N+](=O)[O-])cc1OC. The Balaban J connectivity index is 1.95. The molecular weight excluding hydrogens is 298 g/mol. The third-order valence-electron chi connectivity index (χ3n) is 4.16. The summed E-state index contributed by atoms with van der Waals surface area (Å²) in [6, 6.07) is 3.17. The van der Waals surface area contributed by atoms with Crippen LogP contribution < -0.4 is 14.8 Å². The van der Waals surface area contributed by atoms with E-state index >= 15 is 0 Å². The highest BCUT2D eigenvalue weighted by atomic mass is 16.6. The fourth-order valence-electron chi connectivity index (χ4n) is 2.87. The first kappa shape index (κ1) is 17.5. The van der Waals surface area contributed by atoms with Crippen molar-refractivity contribution in [1.82, 2.24) is 10.2 Å². The zero-order valence-electron chi connectivity index (χ0n) is 13.8. The highest BCUT2D eigenvalue weighted by molar-refractivity contribution is 5.54. The number of hydrogen-bond donors (Lipinski definition) is 1. The third-order valence-corrected chi connectivity index (χ3v) is 4.16. The summed E-state index contributed by atoms with van der Waals surface area (Å²) >= 11 is 0. The first-order valence-corrected chi connectivity index (χ1v) is 7.98. The summed E-state index contributed by atoms with van der Waals surface area (Å²) in [5, 5.41) is 14.6. The zero-order valence-corrected chi connectivity index (χ0v) is 13.8. The summed E-state index contributed by atoms with van der Waals surface area (Å²) < 4.78 is 10.4. The van der Waals surface area contributed by atoms with Crippen LogP contribution in [-0.2, 0) is 6.42 Å². The number of nitro groups is 1. The van der Waals surface area contributed by atoms with Gasteiger partial charge in [0.05, 0.1) is 25.2 Å². The number of nitrogens with one attached hydrogen (secondary N) is 1. The molecule has 0 aromatic heterocycles. The van der Waals surface area contributed by atoms with Crippen LogP contribution in [0.3, 0.4) is 0 Å². The first-order chi connectivity index (χ1) is 11.2. The lowest BCUT2D eigenvalue weighted by molar-refractivity contribution is -0.385. The molecule has 128 valence electrons. The molecule has 0 unspecified atom stereocenters. The molecule has 23 heavy (non-hydrogen) atoms. The molecule has 0 bridgehead atoms. The van der Waals surface area contributed by atoms with Crippen molar-refractivity contribution < 1.29 is 14.4 Å². The van der Waals surface area contributed by atoms with Gasteiger partial charge in [0.1, 0.15) is 0 Å². The van der Waals surface area contributed by atoms with Crippen molar-refractivity contribution in [1.29, 1.82) is 0 Å². The second kappa shape index (κ2) is 8.69. The average Bonchev–Trinajstić information content (AvgIpc) is 2.58. The van der Waals surface area contributed by atoms with Crippen LogP contribution in [0.15, 0.2) is 12.1 Å². The van der Waals surface area contributed by atoms with Gasteiger partial charge in [-0.2, -0.15) is 0 Å². The largest absolute Gasteiger partial charge is 0.493 e. The van der Waals surface area contributed by atoms with Gasteiger partial charge < -0.3 is 19.7 Å². The van der Waals surface area contributed by atoms with Crippen molar-refractivity contribution in [3.05, 3.63) is 27.8 Å². The number of nitro benzene ring substituents is 1. The molecule has 7 nitrogen and oxygen atoms in total. The Morgan fingerprint density at radius 3 is 2.43 bits per heavy atom. The molecule has 0 saturated carbocycles. The molecule has 0 spiro atoms. The fraction of sp³-hybridized carbons (Fsp3) is 0.625. The Bertz CT molecular complexity index is 530. The molecule has 1 N–H and O–H groups in total. The monoisotopic (exact) mass is 323 g/mol. The van der Waals surface area contributed by atoms with E-state index in [9.17, 15) is 10.1 Å². The lowest BCUT2D eigenvalue weighted by Gasteiger charge is -2.27. The van der Waals surface area contributed by atoms with E-state index in [4.69, 9.17) is 9.47 Å². The van der Waals surface area contributed by atoms with Gasteiger partial charge in [-0.3, -0.25) is 10.1 Å². The Morgan fingerprint density at radius 2 is 1.83 bits per heavy atom. The van der Waals surface area contributed by atoms with Gasteiger partial charge in [0.25, 0.3) is 5.69 Å². The van der Waals surface area contributed by atoms with Crippen molar-refractivity contribution in [3.8, 4) is 11.5 Å². The van der Waals surface area contributed by atoms with Gasteiger partial charge >= 0.3 is 0 Å². The van der Waals surface area contributed by atoms with E-state index in [0.29, 0.717) is 23.5 Å². The molecule has 1 aliphatic heterocycles. The highest BCUT2D eigenvalue weighted by Gasteiger charge is 2.19. The molecule has 0 radical (unpaired) electrons. The van der Waals surface area contributed by atoms with Crippen LogP contribution in [0.5, 0.6) is 11.5 Å². The van der Waals surface area contributed by atoms with E-state index in [-0.39, 0.29) is 10.6 Å². The van der Waals surface area contributed by atoms with Gasteiger partial charge in [-0.15, -0.1) is 0 Å². The Morgan fingerprint density at radius 1 is 1.17 bits per heavy atom. The maximum atomic E-state index is 11.3.